The van der Waals surface area contributed by atoms with E-state index in [1.165, 1.54) is 38.5 Å². The number of benzene rings is 2. The lowest BCUT2D eigenvalue weighted by Gasteiger charge is -2.25. The first-order valence-electron chi connectivity index (χ1n) is 19.3. The summed E-state index contributed by atoms with van der Waals surface area (Å²) in [6.45, 7) is 9.90. The van der Waals surface area contributed by atoms with E-state index in [0.29, 0.717) is 60.4 Å². The topological polar surface area (TPSA) is 290 Å². The third-order valence-electron chi connectivity index (χ3n) is 9.10. The Labute approximate surface area is 372 Å². The van der Waals surface area contributed by atoms with Gasteiger partial charge in [-0.2, -0.15) is 31.8 Å². The van der Waals surface area contributed by atoms with Crippen LogP contribution in [0.25, 0.3) is 0 Å². The Balaban J connectivity index is 1.69. The van der Waals surface area contributed by atoms with E-state index >= 15 is 0 Å². The van der Waals surface area contributed by atoms with Crippen molar-refractivity contribution in [2.75, 3.05) is 92.0 Å². The van der Waals surface area contributed by atoms with Gasteiger partial charge in [-0.15, -0.1) is 43.1 Å². The molecule has 26 heteroatoms. The Morgan fingerprint density at radius 3 is 1.32 bits per heavy atom. The number of azo groups is 2. The highest BCUT2D eigenvalue weighted by atomic mass is 32.3. The molecule has 0 fully saturated rings. The van der Waals surface area contributed by atoms with Gasteiger partial charge in [0.25, 0.3) is 0 Å². The zero-order valence-corrected chi connectivity index (χ0v) is 38.4. The van der Waals surface area contributed by atoms with Crippen LogP contribution in [-0.2, 0) is 20.2 Å². The molecule has 22 nitrogen and oxygen atoms in total. The molecule has 0 radical (unpaired) electrons. The third kappa shape index (κ3) is 12.3. The monoisotopic (exact) mass is 948 g/mol. The molecule has 3 heterocycles. The van der Waals surface area contributed by atoms with E-state index in [9.17, 15) is 36.2 Å². The maximum atomic E-state index is 11.7. The number of rotatable bonds is 23. The summed E-state index contributed by atoms with van der Waals surface area (Å²) in [5.74, 6) is 0.947. The third-order valence-corrected chi connectivity index (χ3v) is 13.7. The molecule has 5 aromatic rings. The number of hydrogen-bond donors (Lipinski definition) is 6. The average molecular weight is 949 g/mol. The van der Waals surface area contributed by atoms with Crippen LogP contribution < -0.4 is 34.8 Å². The molecule has 0 aliphatic rings. The quantitative estimate of drug-likeness (QED) is 0.0276. The lowest BCUT2D eigenvalue weighted by atomic mass is 10.2. The minimum absolute atomic E-state index is 0.0164. The summed E-state index contributed by atoms with van der Waals surface area (Å²) >= 11 is 1.44. The number of anilines is 7. The van der Waals surface area contributed by atoms with Crippen molar-refractivity contribution in [1.29, 1.82) is 0 Å². The predicted molar refractivity (Wildman–Crippen MR) is 243 cm³/mol. The second-order valence-corrected chi connectivity index (χ2v) is 18.4. The Morgan fingerprint density at radius 1 is 0.603 bits per heavy atom. The van der Waals surface area contributed by atoms with Crippen molar-refractivity contribution in [3.63, 3.8) is 0 Å². The maximum Gasteiger partial charge on any atom is 0.304 e. The summed E-state index contributed by atoms with van der Waals surface area (Å²) in [5, 5.41) is 44.1. The van der Waals surface area contributed by atoms with Crippen LogP contribution in [0.4, 0.5) is 62.0 Å². The summed E-state index contributed by atoms with van der Waals surface area (Å²) in [5.41, 5.74) is 2.53. The van der Waals surface area contributed by atoms with Crippen LogP contribution >= 0.6 is 22.7 Å². The molecule has 0 bridgehead atoms. The Morgan fingerprint density at radius 2 is 1.00 bits per heavy atom. The summed E-state index contributed by atoms with van der Waals surface area (Å²) in [7, 11) is -5.90. The molecule has 6 N–H and O–H groups in total. The average Bonchev–Trinajstić information content (AvgIpc) is 3.95. The van der Waals surface area contributed by atoms with Crippen molar-refractivity contribution in [2.24, 2.45) is 20.5 Å². The normalized spacial score (nSPS) is 12.0. The van der Waals surface area contributed by atoms with Crippen molar-refractivity contribution >= 4 is 105 Å². The van der Waals surface area contributed by atoms with Crippen molar-refractivity contribution in [2.45, 2.75) is 36.1 Å². The second kappa shape index (κ2) is 21.7. The number of aliphatic hydroxyl groups is 2. The number of nitrogens with one attached hydrogen (secondary N) is 2. The van der Waals surface area contributed by atoms with Gasteiger partial charge < -0.3 is 45.0 Å². The molecule has 340 valence electrons. The van der Waals surface area contributed by atoms with Crippen LogP contribution in [-0.4, -0.2) is 118 Å². The molecule has 2 aromatic carbocycles. The standard InChI is InChI=1S/C37H48N12O10S4/c1-7-47(8-2)27-19-23(25(21-29(27)58-5)43-45-31-11-13-33(60-31)62(52,53)54)38-35-40-36(42-37(41-35)49(15-17-50)16-18-51)39-24-20-28(48(9-3)10-4)30(59-6)22-26(24)44-46-32-12-14-34(61-32)63(55,56)57/h11-14,19-22,50-51H,7-10,15-18H2,1-6H3,(H,52,53,54)(H,55,56,57)(H2,38,39,40,41,42)/b45-43+,46-44+. The largest absolute Gasteiger partial charge is 0.494 e. The fourth-order valence-electron chi connectivity index (χ4n) is 6.05. The van der Waals surface area contributed by atoms with Crippen LogP contribution in [0.3, 0.4) is 0 Å². The van der Waals surface area contributed by atoms with Gasteiger partial charge in [-0.05, 0) is 64.1 Å². The van der Waals surface area contributed by atoms with Gasteiger partial charge in [-0.1, -0.05) is 0 Å². The van der Waals surface area contributed by atoms with E-state index < -0.39 is 20.2 Å². The molecule has 0 spiro atoms. The SMILES string of the molecule is CCN(CC)c1cc(Nc2nc(Nc3cc(N(CC)CC)c(OC)cc3/N=N/c3ccc(S(=O)(=O)O)s3)nc(N(CCO)CCO)n2)c(/N=N/c2ccc(S(=O)(=O)O)s2)cc1OC. The van der Waals surface area contributed by atoms with Gasteiger partial charge in [0.05, 0.1) is 50.2 Å². The zero-order chi connectivity index (χ0) is 45.9. The van der Waals surface area contributed by atoms with E-state index in [1.54, 1.807) is 29.2 Å². The highest BCUT2D eigenvalue weighted by molar-refractivity contribution is 7.88. The molecule has 0 saturated heterocycles. The fraction of sp³-hybridized carbons (Fsp3) is 0.378. The van der Waals surface area contributed by atoms with Crippen molar-refractivity contribution in [3.05, 3.63) is 48.5 Å². The first-order chi connectivity index (χ1) is 30.1. The second-order valence-electron chi connectivity index (χ2n) is 12.9. The molecular weight excluding hydrogens is 901 g/mol. The Kier molecular flexibility index (Phi) is 16.6. The highest BCUT2D eigenvalue weighted by Crippen LogP contribution is 2.43. The number of aliphatic hydroxyl groups excluding tert-OH is 2. The number of thiophene rings is 2. The van der Waals surface area contributed by atoms with Crippen molar-refractivity contribution in [3.8, 4) is 11.5 Å². The van der Waals surface area contributed by atoms with Gasteiger partial charge in [0.15, 0.2) is 0 Å². The molecular formula is C37H48N12O10S4. The molecule has 0 aliphatic carbocycles. The number of nitrogens with zero attached hydrogens (tertiary/aromatic N) is 10. The summed E-state index contributed by atoms with van der Waals surface area (Å²) in [4.78, 5) is 19.7. The van der Waals surface area contributed by atoms with E-state index in [1.807, 2.05) is 37.5 Å². The minimum atomic E-state index is -4.46. The molecule has 63 heavy (non-hydrogen) atoms. The van der Waals surface area contributed by atoms with Crippen LogP contribution in [0.15, 0.2) is 77.4 Å². The van der Waals surface area contributed by atoms with Gasteiger partial charge >= 0.3 is 20.2 Å². The molecule has 0 atom stereocenters. The molecule has 5 rings (SSSR count). The fourth-order valence-corrected chi connectivity index (χ4v) is 9.01. The van der Waals surface area contributed by atoms with Gasteiger partial charge in [-0.25, -0.2) is 0 Å². The van der Waals surface area contributed by atoms with Gasteiger partial charge in [-0.3, -0.25) is 9.11 Å². The van der Waals surface area contributed by atoms with Crippen LogP contribution in [0, 0.1) is 0 Å². The van der Waals surface area contributed by atoms with Crippen LogP contribution in [0.2, 0.25) is 0 Å². The van der Waals surface area contributed by atoms with Gasteiger partial charge in [0.1, 0.15) is 41.3 Å². The van der Waals surface area contributed by atoms with Gasteiger partial charge in [0, 0.05) is 51.4 Å². The van der Waals surface area contributed by atoms with Crippen LogP contribution in [0.5, 0.6) is 11.5 Å². The van der Waals surface area contributed by atoms with E-state index in [0.717, 1.165) is 22.7 Å². The van der Waals surface area contributed by atoms with Crippen molar-refractivity contribution in [1.82, 2.24) is 15.0 Å². The highest BCUT2D eigenvalue weighted by Gasteiger charge is 2.22. The van der Waals surface area contributed by atoms with Crippen LogP contribution in [0.1, 0.15) is 27.7 Å². The first-order valence-corrected chi connectivity index (χ1v) is 23.8. The van der Waals surface area contributed by atoms with E-state index in [4.69, 9.17) is 14.5 Å². The minimum Gasteiger partial charge on any atom is -0.494 e. The van der Waals surface area contributed by atoms with Gasteiger partial charge in [0.2, 0.25) is 17.8 Å². The Bertz CT molecular complexity index is 2460. The molecule has 0 unspecified atom stereocenters. The first kappa shape index (κ1) is 48.4. The zero-order valence-electron chi connectivity index (χ0n) is 35.1. The molecule has 0 aliphatic heterocycles. The Hall–Kier alpha value is -5.61. The number of methoxy groups -OCH3 is 2. The van der Waals surface area contributed by atoms with E-state index in [2.05, 4.69) is 41.1 Å². The lowest BCUT2D eigenvalue weighted by Crippen LogP contribution is -2.31. The predicted octanol–water partition coefficient (Wildman–Crippen LogP) is 7.31. The summed E-state index contributed by atoms with van der Waals surface area (Å²) in [6, 6.07) is 12.0. The summed E-state index contributed by atoms with van der Waals surface area (Å²) in [6.07, 6.45) is 0. The molecule has 3 aromatic heterocycles. The lowest BCUT2D eigenvalue weighted by molar-refractivity contribution is 0.280. The number of aromatic nitrogens is 3. The summed E-state index contributed by atoms with van der Waals surface area (Å²) < 4.78 is 76.8. The molecule has 0 amide bonds. The smallest absolute Gasteiger partial charge is 0.304 e. The number of ether oxygens (including phenoxy) is 2. The number of hydrogen-bond acceptors (Lipinski definition) is 22. The molecule has 0 saturated carbocycles. The maximum absolute atomic E-state index is 11.7. The van der Waals surface area contributed by atoms with Crippen molar-refractivity contribution < 1.29 is 45.6 Å². The van der Waals surface area contributed by atoms with E-state index in [-0.39, 0.29) is 73.9 Å².